The summed E-state index contributed by atoms with van der Waals surface area (Å²) in [6.45, 7) is 6.83. The van der Waals surface area contributed by atoms with E-state index in [0.29, 0.717) is 11.5 Å². The first-order valence-corrected chi connectivity index (χ1v) is 6.37. The summed E-state index contributed by atoms with van der Waals surface area (Å²) in [6.07, 6.45) is 0.278. The van der Waals surface area contributed by atoms with E-state index >= 15 is 0 Å². The molecule has 1 saturated heterocycles. The average Bonchev–Trinajstić information content (AvgIpc) is 2.34. The number of morpholine rings is 1. The SMILES string of the molecule is CC1CN(Cc2ccc(B(O)O)cc2)C(C)CO1. The lowest BCUT2D eigenvalue weighted by Gasteiger charge is -2.36. The van der Waals surface area contributed by atoms with Crippen molar-refractivity contribution in [2.45, 2.75) is 32.5 Å². The van der Waals surface area contributed by atoms with Crippen LogP contribution in [-0.2, 0) is 11.3 Å². The fourth-order valence-electron chi connectivity index (χ4n) is 2.22. The first-order chi connectivity index (χ1) is 8.56. The van der Waals surface area contributed by atoms with Gasteiger partial charge in [0.1, 0.15) is 0 Å². The monoisotopic (exact) mass is 249 g/mol. The molecule has 1 heterocycles. The zero-order chi connectivity index (χ0) is 13.1. The van der Waals surface area contributed by atoms with Crippen LogP contribution in [0.15, 0.2) is 24.3 Å². The molecule has 2 unspecified atom stereocenters. The van der Waals surface area contributed by atoms with Gasteiger partial charge in [0, 0.05) is 19.1 Å². The highest BCUT2D eigenvalue weighted by molar-refractivity contribution is 6.58. The third kappa shape index (κ3) is 3.33. The van der Waals surface area contributed by atoms with Crippen LogP contribution in [0.5, 0.6) is 0 Å². The van der Waals surface area contributed by atoms with E-state index in [-0.39, 0.29) is 6.10 Å². The quantitative estimate of drug-likeness (QED) is 0.739. The lowest BCUT2D eigenvalue weighted by Crippen LogP contribution is -2.46. The van der Waals surface area contributed by atoms with Crippen LogP contribution in [0.25, 0.3) is 0 Å². The first kappa shape index (κ1) is 13.6. The van der Waals surface area contributed by atoms with Crippen LogP contribution >= 0.6 is 0 Å². The molecule has 98 valence electrons. The second-order valence-corrected chi connectivity index (χ2v) is 5.04. The molecule has 1 aromatic rings. The number of nitrogens with zero attached hydrogens (tertiary/aromatic N) is 1. The van der Waals surface area contributed by atoms with Crippen LogP contribution in [-0.4, -0.2) is 47.4 Å². The zero-order valence-corrected chi connectivity index (χ0v) is 10.9. The lowest BCUT2D eigenvalue weighted by molar-refractivity contribution is -0.0526. The van der Waals surface area contributed by atoms with E-state index in [1.54, 1.807) is 12.1 Å². The number of rotatable bonds is 3. The van der Waals surface area contributed by atoms with E-state index in [0.717, 1.165) is 19.7 Å². The maximum absolute atomic E-state index is 9.04. The Kier molecular flexibility index (Phi) is 4.40. The minimum absolute atomic E-state index is 0.278. The molecule has 1 aliphatic heterocycles. The van der Waals surface area contributed by atoms with Gasteiger partial charge in [0.25, 0.3) is 0 Å². The fourth-order valence-corrected chi connectivity index (χ4v) is 2.22. The molecular formula is C13H20BNO3. The van der Waals surface area contributed by atoms with Gasteiger partial charge in [-0.3, -0.25) is 4.90 Å². The molecule has 0 aromatic heterocycles. The minimum atomic E-state index is -1.39. The van der Waals surface area contributed by atoms with Crippen molar-refractivity contribution in [2.24, 2.45) is 0 Å². The van der Waals surface area contributed by atoms with E-state index in [1.807, 2.05) is 12.1 Å². The summed E-state index contributed by atoms with van der Waals surface area (Å²) in [5.41, 5.74) is 1.71. The van der Waals surface area contributed by atoms with Gasteiger partial charge in [-0.15, -0.1) is 0 Å². The Bertz CT molecular complexity index is 382. The van der Waals surface area contributed by atoms with E-state index in [2.05, 4.69) is 18.7 Å². The molecule has 0 saturated carbocycles. The lowest BCUT2D eigenvalue weighted by atomic mass is 9.80. The van der Waals surface area contributed by atoms with E-state index in [9.17, 15) is 0 Å². The van der Waals surface area contributed by atoms with Crippen LogP contribution in [0.1, 0.15) is 19.4 Å². The minimum Gasteiger partial charge on any atom is -0.423 e. The largest absolute Gasteiger partial charge is 0.488 e. The molecule has 2 rings (SSSR count). The van der Waals surface area contributed by atoms with Gasteiger partial charge in [0.15, 0.2) is 0 Å². The maximum atomic E-state index is 9.04. The Balaban J connectivity index is 1.99. The normalized spacial score (nSPS) is 25.1. The molecule has 1 fully saturated rings. The third-order valence-electron chi connectivity index (χ3n) is 3.40. The van der Waals surface area contributed by atoms with Crippen LogP contribution in [0.2, 0.25) is 0 Å². The van der Waals surface area contributed by atoms with E-state index < -0.39 is 7.12 Å². The van der Waals surface area contributed by atoms with Gasteiger partial charge < -0.3 is 14.8 Å². The molecule has 0 spiro atoms. The molecule has 0 bridgehead atoms. The van der Waals surface area contributed by atoms with Crippen molar-refractivity contribution in [3.05, 3.63) is 29.8 Å². The Labute approximate surface area is 108 Å². The predicted molar refractivity (Wildman–Crippen MR) is 71.6 cm³/mol. The van der Waals surface area contributed by atoms with Crippen LogP contribution < -0.4 is 5.46 Å². The van der Waals surface area contributed by atoms with Crippen molar-refractivity contribution in [1.29, 1.82) is 0 Å². The van der Waals surface area contributed by atoms with E-state index in [1.165, 1.54) is 5.56 Å². The maximum Gasteiger partial charge on any atom is 0.488 e. The van der Waals surface area contributed by atoms with Crippen molar-refractivity contribution in [3.63, 3.8) is 0 Å². The second-order valence-electron chi connectivity index (χ2n) is 5.04. The van der Waals surface area contributed by atoms with Crippen molar-refractivity contribution >= 4 is 12.6 Å². The van der Waals surface area contributed by atoms with Crippen LogP contribution in [0.4, 0.5) is 0 Å². The van der Waals surface area contributed by atoms with Crippen molar-refractivity contribution < 1.29 is 14.8 Å². The number of ether oxygens (including phenoxy) is 1. The van der Waals surface area contributed by atoms with Gasteiger partial charge in [0.2, 0.25) is 0 Å². The van der Waals surface area contributed by atoms with Gasteiger partial charge in [-0.25, -0.2) is 0 Å². The van der Waals surface area contributed by atoms with Gasteiger partial charge in [-0.05, 0) is 24.9 Å². The highest BCUT2D eigenvalue weighted by atomic mass is 16.5. The molecule has 2 atom stereocenters. The zero-order valence-electron chi connectivity index (χ0n) is 10.9. The Morgan fingerprint density at radius 3 is 2.56 bits per heavy atom. The summed E-state index contributed by atoms with van der Waals surface area (Å²) in [5, 5.41) is 18.1. The van der Waals surface area contributed by atoms with Gasteiger partial charge in [-0.1, -0.05) is 24.3 Å². The number of benzene rings is 1. The summed E-state index contributed by atoms with van der Waals surface area (Å²) >= 11 is 0. The summed E-state index contributed by atoms with van der Waals surface area (Å²) in [4.78, 5) is 2.39. The molecule has 4 nitrogen and oxygen atoms in total. The average molecular weight is 249 g/mol. The van der Waals surface area contributed by atoms with Crippen molar-refractivity contribution in [3.8, 4) is 0 Å². The molecule has 1 aromatic carbocycles. The van der Waals surface area contributed by atoms with Crippen LogP contribution in [0, 0.1) is 0 Å². The van der Waals surface area contributed by atoms with Gasteiger partial charge in [-0.2, -0.15) is 0 Å². The first-order valence-electron chi connectivity index (χ1n) is 6.37. The Morgan fingerprint density at radius 2 is 1.94 bits per heavy atom. The molecule has 0 aliphatic carbocycles. The molecule has 0 radical (unpaired) electrons. The molecule has 1 aliphatic rings. The third-order valence-corrected chi connectivity index (χ3v) is 3.40. The van der Waals surface area contributed by atoms with Gasteiger partial charge in [0.05, 0.1) is 12.7 Å². The standard InChI is InChI=1S/C13H20BNO3/c1-10-9-18-11(2)7-15(10)8-12-3-5-13(6-4-12)14(16)17/h3-6,10-11,16-17H,7-9H2,1-2H3. The molecule has 0 amide bonds. The van der Waals surface area contributed by atoms with Crippen LogP contribution in [0.3, 0.4) is 0 Å². The highest BCUT2D eigenvalue weighted by Gasteiger charge is 2.23. The molecule has 18 heavy (non-hydrogen) atoms. The molecular weight excluding hydrogens is 229 g/mol. The molecule has 5 heteroatoms. The fraction of sp³-hybridized carbons (Fsp3) is 0.538. The summed E-state index contributed by atoms with van der Waals surface area (Å²) in [5.74, 6) is 0. The Morgan fingerprint density at radius 1 is 1.28 bits per heavy atom. The number of hydrogen-bond donors (Lipinski definition) is 2. The smallest absolute Gasteiger partial charge is 0.423 e. The van der Waals surface area contributed by atoms with Gasteiger partial charge >= 0.3 is 7.12 Å². The van der Waals surface area contributed by atoms with Crippen molar-refractivity contribution in [1.82, 2.24) is 4.90 Å². The van der Waals surface area contributed by atoms with Crippen molar-refractivity contribution in [2.75, 3.05) is 13.2 Å². The molecule has 2 N–H and O–H groups in total. The van der Waals surface area contributed by atoms with E-state index in [4.69, 9.17) is 14.8 Å². The Hall–Kier alpha value is -0.875. The predicted octanol–water partition coefficient (Wildman–Crippen LogP) is -0.0244. The summed E-state index contributed by atoms with van der Waals surface area (Å²) < 4.78 is 5.60. The topological polar surface area (TPSA) is 52.9 Å². The summed E-state index contributed by atoms with van der Waals surface area (Å²) in [7, 11) is -1.39. The number of hydrogen-bond acceptors (Lipinski definition) is 4. The second kappa shape index (κ2) is 5.84. The summed E-state index contributed by atoms with van der Waals surface area (Å²) in [6, 6.07) is 7.83. The highest BCUT2D eigenvalue weighted by Crippen LogP contribution is 2.14.